The van der Waals surface area contributed by atoms with E-state index < -0.39 is 16.2 Å². The summed E-state index contributed by atoms with van der Waals surface area (Å²) in [5.41, 5.74) is 0.726. The van der Waals surface area contributed by atoms with Gasteiger partial charge in [0.05, 0.1) is 19.5 Å². The van der Waals surface area contributed by atoms with Crippen molar-refractivity contribution in [2.75, 3.05) is 39.2 Å². The Morgan fingerprint density at radius 3 is 1.61 bits per heavy atom. The zero-order valence-electron chi connectivity index (χ0n) is 24.7. The number of hydrogen-bond donors (Lipinski definition) is 1. The first kappa shape index (κ1) is 36.9. The van der Waals surface area contributed by atoms with Crippen LogP contribution in [0.1, 0.15) is 135 Å². The van der Waals surface area contributed by atoms with Crippen molar-refractivity contribution in [3.63, 3.8) is 0 Å². The van der Waals surface area contributed by atoms with E-state index in [1.54, 1.807) is 0 Å². The van der Waals surface area contributed by atoms with Gasteiger partial charge in [0.2, 0.25) is 0 Å². The zero-order valence-corrected chi connectivity index (χ0v) is 25.6. The van der Waals surface area contributed by atoms with Crippen LogP contribution in [0.5, 0.6) is 0 Å². The number of carbonyl (C=O) groups excluding carboxylic acids is 1. The van der Waals surface area contributed by atoms with Gasteiger partial charge in [-0.15, -0.1) is 0 Å². The quantitative estimate of drug-likeness (QED) is 0.0564. The molecule has 1 amide bonds. The molecule has 0 aliphatic rings. The Kier molecular flexibility index (Phi) is 26.6. The molecule has 0 radical (unpaired) electrons. The molecule has 8 heteroatoms. The van der Waals surface area contributed by atoms with E-state index in [1.807, 2.05) is 0 Å². The average Bonchev–Trinajstić information content (AvgIpc) is 2.87. The van der Waals surface area contributed by atoms with E-state index in [0.717, 1.165) is 43.9 Å². The lowest BCUT2D eigenvalue weighted by atomic mass is 10.0. The molecule has 0 saturated heterocycles. The Balaban J connectivity index is 3.31. The van der Waals surface area contributed by atoms with Gasteiger partial charge in [-0.1, -0.05) is 123 Å². The minimum Gasteiger partial charge on any atom is -0.445 e. The van der Waals surface area contributed by atoms with E-state index in [2.05, 4.69) is 18.8 Å². The summed E-state index contributed by atoms with van der Waals surface area (Å²) < 4.78 is 37.1. The number of nitrogens with one attached hydrogen (secondary N) is 1. The molecule has 226 valence electrons. The first-order valence-electron chi connectivity index (χ1n) is 15.3. The highest BCUT2D eigenvalue weighted by molar-refractivity contribution is 7.85. The number of alkyl carbamates (subject to hydrolysis) is 1. The Morgan fingerprint density at radius 1 is 0.658 bits per heavy atom. The number of ether oxygens (including phenoxy) is 2. The van der Waals surface area contributed by atoms with E-state index in [9.17, 15) is 13.2 Å². The van der Waals surface area contributed by atoms with Gasteiger partial charge >= 0.3 is 6.09 Å². The van der Waals surface area contributed by atoms with Crippen LogP contribution >= 0.6 is 0 Å². The number of hydrogen-bond acceptors (Lipinski definition) is 6. The maximum atomic E-state index is 11.8. The SMILES string of the molecule is C=C(COCCCCCCOS(C)(=O)=O)COC(=O)NCCCCCCCCCCCCCCCCCC. The Morgan fingerprint density at radius 2 is 1.11 bits per heavy atom. The van der Waals surface area contributed by atoms with E-state index in [4.69, 9.17) is 13.7 Å². The van der Waals surface area contributed by atoms with Crippen molar-refractivity contribution < 1.29 is 26.9 Å². The second-order valence-electron chi connectivity index (χ2n) is 10.5. The van der Waals surface area contributed by atoms with Crippen LogP contribution in [-0.2, 0) is 23.8 Å². The van der Waals surface area contributed by atoms with Crippen LogP contribution in [0.25, 0.3) is 0 Å². The van der Waals surface area contributed by atoms with Gasteiger partial charge < -0.3 is 14.8 Å². The molecular formula is C30H59NO6S. The molecular weight excluding hydrogens is 502 g/mol. The highest BCUT2D eigenvalue weighted by Gasteiger charge is 2.04. The summed E-state index contributed by atoms with van der Waals surface area (Å²) in [5.74, 6) is 0. The molecule has 0 bridgehead atoms. The molecule has 38 heavy (non-hydrogen) atoms. The smallest absolute Gasteiger partial charge is 0.407 e. The van der Waals surface area contributed by atoms with Gasteiger partial charge in [-0.2, -0.15) is 8.42 Å². The van der Waals surface area contributed by atoms with Crippen LogP contribution in [0, 0.1) is 0 Å². The highest BCUT2D eigenvalue weighted by atomic mass is 32.2. The van der Waals surface area contributed by atoms with E-state index in [0.29, 0.717) is 26.2 Å². The van der Waals surface area contributed by atoms with Crippen LogP contribution in [0.2, 0.25) is 0 Å². The van der Waals surface area contributed by atoms with Gasteiger partial charge in [0.25, 0.3) is 10.1 Å². The second kappa shape index (κ2) is 27.4. The van der Waals surface area contributed by atoms with Crippen LogP contribution in [-0.4, -0.2) is 53.7 Å². The highest BCUT2D eigenvalue weighted by Crippen LogP contribution is 2.13. The third kappa shape index (κ3) is 31.1. The maximum absolute atomic E-state index is 11.8. The monoisotopic (exact) mass is 561 g/mol. The van der Waals surface area contributed by atoms with Crippen molar-refractivity contribution in [2.24, 2.45) is 0 Å². The number of carbonyl (C=O) groups is 1. The van der Waals surface area contributed by atoms with Crippen molar-refractivity contribution >= 4 is 16.2 Å². The van der Waals surface area contributed by atoms with Crippen molar-refractivity contribution in [1.29, 1.82) is 0 Å². The lowest BCUT2D eigenvalue weighted by molar-refractivity contribution is 0.128. The molecule has 0 aliphatic heterocycles. The predicted molar refractivity (Wildman–Crippen MR) is 158 cm³/mol. The third-order valence-corrected chi connectivity index (χ3v) is 7.09. The molecule has 0 aromatic heterocycles. The molecule has 0 heterocycles. The largest absolute Gasteiger partial charge is 0.445 e. The molecule has 0 aromatic carbocycles. The second-order valence-corrected chi connectivity index (χ2v) is 12.2. The van der Waals surface area contributed by atoms with Gasteiger partial charge in [0.15, 0.2) is 0 Å². The molecule has 0 unspecified atom stereocenters. The maximum Gasteiger partial charge on any atom is 0.407 e. The number of amides is 1. The number of rotatable bonds is 29. The minimum atomic E-state index is -3.34. The van der Waals surface area contributed by atoms with Gasteiger partial charge in [0.1, 0.15) is 6.61 Å². The summed E-state index contributed by atoms with van der Waals surface area (Å²) in [5, 5.41) is 2.81. The van der Waals surface area contributed by atoms with Gasteiger partial charge in [-0.05, 0) is 24.8 Å². The van der Waals surface area contributed by atoms with Crippen LogP contribution in [0.4, 0.5) is 4.79 Å². The van der Waals surface area contributed by atoms with E-state index in [-0.39, 0.29) is 13.2 Å². The third-order valence-electron chi connectivity index (χ3n) is 6.49. The van der Waals surface area contributed by atoms with Crippen molar-refractivity contribution in [3.8, 4) is 0 Å². The molecule has 0 atom stereocenters. The van der Waals surface area contributed by atoms with Gasteiger partial charge in [0, 0.05) is 13.2 Å². The Labute approximate surface area is 235 Å². The fraction of sp³-hybridized carbons (Fsp3) is 0.900. The first-order valence-corrected chi connectivity index (χ1v) is 17.2. The normalized spacial score (nSPS) is 11.5. The van der Waals surface area contributed by atoms with Crippen LogP contribution < -0.4 is 5.32 Å². The molecule has 0 aromatic rings. The molecule has 0 aliphatic carbocycles. The zero-order chi connectivity index (χ0) is 28.2. The van der Waals surface area contributed by atoms with Gasteiger partial charge in [-0.25, -0.2) is 4.79 Å². The van der Waals surface area contributed by atoms with Crippen LogP contribution in [0.15, 0.2) is 12.2 Å². The Bertz CT molecular complexity index is 653. The summed E-state index contributed by atoms with van der Waals surface area (Å²) >= 11 is 0. The summed E-state index contributed by atoms with van der Waals surface area (Å²) in [7, 11) is -3.34. The van der Waals surface area contributed by atoms with Gasteiger partial charge in [-0.3, -0.25) is 4.18 Å². The molecule has 0 rings (SSSR count). The van der Waals surface area contributed by atoms with Crippen molar-refractivity contribution in [1.82, 2.24) is 5.32 Å². The fourth-order valence-corrected chi connectivity index (χ4v) is 4.63. The fourth-order valence-electron chi connectivity index (χ4n) is 4.21. The average molecular weight is 562 g/mol. The minimum absolute atomic E-state index is 0.160. The summed E-state index contributed by atoms with van der Waals surface area (Å²) in [4.78, 5) is 11.8. The topological polar surface area (TPSA) is 90.9 Å². The summed E-state index contributed by atoms with van der Waals surface area (Å²) in [6.07, 6.45) is 25.4. The standard InChI is InChI=1S/C30H59NO6S/c1-4-5-6-7-8-9-10-11-12-13-14-15-16-17-18-21-24-31-30(32)36-28-29(2)27-35-25-22-19-20-23-26-37-38(3,33)34/h2,4-28H2,1,3H3,(H,31,32). The molecule has 7 nitrogen and oxygen atoms in total. The van der Waals surface area contributed by atoms with Crippen molar-refractivity contribution in [3.05, 3.63) is 12.2 Å². The van der Waals surface area contributed by atoms with E-state index in [1.165, 1.54) is 89.9 Å². The first-order chi connectivity index (χ1) is 18.3. The molecule has 0 fully saturated rings. The number of unbranched alkanes of at least 4 members (excludes halogenated alkanes) is 18. The predicted octanol–water partition coefficient (Wildman–Crippen LogP) is 8.08. The lowest BCUT2D eigenvalue weighted by Gasteiger charge is -2.10. The molecule has 1 N–H and O–H groups in total. The van der Waals surface area contributed by atoms with Crippen LogP contribution in [0.3, 0.4) is 0 Å². The summed E-state index contributed by atoms with van der Waals surface area (Å²) in [6.45, 7) is 8.16. The molecule has 0 spiro atoms. The van der Waals surface area contributed by atoms with E-state index >= 15 is 0 Å². The molecule has 0 saturated carbocycles. The summed E-state index contributed by atoms with van der Waals surface area (Å²) in [6, 6.07) is 0. The lowest BCUT2D eigenvalue weighted by Crippen LogP contribution is -2.26. The van der Waals surface area contributed by atoms with Crippen molar-refractivity contribution in [2.45, 2.75) is 135 Å². The Hall–Kier alpha value is -1.12.